The lowest BCUT2D eigenvalue weighted by Crippen LogP contribution is -2.42. The highest BCUT2D eigenvalue weighted by Gasteiger charge is 2.25. The van der Waals surface area contributed by atoms with Crippen LogP contribution in [-0.4, -0.2) is 23.9 Å². The van der Waals surface area contributed by atoms with E-state index in [1.54, 1.807) is 0 Å². The molecule has 0 radical (unpaired) electrons. The first-order valence-corrected chi connectivity index (χ1v) is 6.74. The van der Waals surface area contributed by atoms with Gasteiger partial charge in [0.05, 0.1) is 6.04 Å². The Bertz CT molecular complexity index is 383. The van der Waals surface area contributed by atoms with Crippen molar-refractivity contribution in [1.29, 1.82) is 0 Å². The lowest BCUT2D eigenvalue weighted by atomic mass is 10.0. The van der Waals surface area contributed by atoms with Crippen LogP contribution in [0.4, 0.5) is 0 Å². The van der Waals surface area contributed by atoms with Gasteiger partial charge in [-0.25, -0.2) is 0 Å². The summed E-state index contributed by atoms with van der Waals surface area (Å²) in [5, 5.41) is 2.17. The average molecular weight is 237 g/mol. The first-order chi connectivity index (χ1) is 7.74. The average Bonchev–Trinajstić information content (AvgIpc) is 2.75. The molecule has 0 fully saturated rings. The molecule has 1 aliphatic heterocycles. The lowest BCUT2D eigenvalue weighted by Gasteiger charge is -2.34. The summed E-state index contributed by atoms with van der Waals surface area (Å²) in [5.74, 6) is 0.700. The molecule has 2 heterocycles. The maximum Gasteiger partial charge on any atom is 0.191 e. The molecule has 0 amide bonds. The van der Waals surface area contributed by atoms with Crippen LogP contribution in [0.15, 0.2) is 16.4 Å². The standard InChI is InChI=1S/C12H19N3S/c1-3-6-14-12(13)15-7-4-11-10(9(15)2)5-8-16-11/h5,8-9H,3-4,6-7H2,1-2H3,(H2,13,14). The van der Waals surface area contributed by atoms with E-state index in [4.69, 9.17) is 5.73 Å². The van der Waals surface area contributed by atoms with Gasteiger partial charge >= 0.3 is 0 Å². The molecule has 0 bridgehead atoms. The molecule has 88 valence electrons. The van der Waals surface area contributed by atoms with Crippen LogP contribution in [0.3, 0.4) is 0 Å². The van der Waals surface area contributed by atoms with Crippen molar-refractivity contribution in [2.24, 2.45) is 10.7 Å². The number of aliphatic imine (C=N–C) groups is 1. The van der Waals surface area contributed by atoms with E-state index >= 15 is 0 Å². The van der Waals surface area contributed by atoms with Gasteiger partial charge in [-0.15, -0.1) is 11.3 Å². The number of nitrogens with zero attached hydrogens (tertiary/aromatic N) is 2. The van der Waals surface area contributed by atoms with E-state index in [1.807, 2.05) is 11.3 Å². The molecule has 0 spiro atoms. The maximum absolute atomic E-state index is 6.03. The van der Waals surface area contributed by atoms with Gasteiger partial charge < -0.3 is 10.6 Å². The van der Waals surface area contributed by atoms with Crippen molar-refractivity contribution in [1.82, 2.24) is 4.90 Å². The van der Waals surface area contributed by atoms with E-state index in [-0.39, 0.29) is 0 Å². The van der Waals surface area contributed by atoms with Gasteiger partial charge in [-0.1, -0.05) is 6.92 Å². The third kappa shape index (κ3) is 2.07. The van der Waals surface area contributed by atoms with Crippen LogP contribution in [-0.2, 0) is 6.42 Å². The monoisotopic (exact) mass is 237 g/mol. The highest BCUT2D eigenvalue weighted by atomic mass is 32.1. The van der Waals surface area contributed by atoms with Crippen LogP contribution in [0, 0.1) is 0 Å². The Morgan fingerprint density at radius 1 is 1.69 bits per heavy atom. The molecule has 2 rings (SSSR count). The number of hydrogen-bond acceptors (Lipinski definition) is 2. The summed E-state index contributed by atoms with van der Waals surface area (Å²) in [7, 11) is 0. The second kappa shape index (κ2) is 4.87. The van der Waals surface area contributed by atoms with Gasteiger partial charge in [-0.2, -0.15) is 0 Å². The van der Waals surface area contributed by atoms with Crippen LogP contribution in [0.2, 0.25) is 0 Å². The van der Waals surface area contributed by atoms with E-state index in [2.05, 4.69) is 35.2 Å². The van der Waals surface area contributed by atoms with Gasteiger partial charge in [0, 0.05) is 18.0 Å². The highest BCUT2D eigenvalue weighted by molar-refractivity contribution is 7.10. The minimum absolute atomic E-state index is 0.371. The van der Waals surface area contributed by atoms with Crippen molar-refractivity contribution < 1.29 is 0 Å². The van der Waals surface area contributed by atoms with Gasteiger partial charge in [-0.3, -0.25) is 4.99 Å². The second-order valence-electron chi connectivity index (χ2n) is 4.16. The largest absolute Gasteiger partial charge is 0.370 e. The molecule has 0 aliphatic carbocycles. The number of guanidine groups is 1. The van der Waals surface area contributed by atoms with Crippen molar-refractivity contribution in [3.8, 4) is 0 Å². The molecule has 16 heavy (non-hydrogen) atoms. The van der Waals surface area contributed by atoms with Crippen LogP contribution in [0.25, 0.3) is 0 Å². The fourth-order valence-corrected chi connectivity index (χ4v) is 3.10. The minimum atomic E-state index is 0.371. The van der Waals surface area contributed by atoms with Crippen LogP contribution in [0.5, 0.6) is 0 Å². The Hall–Kier alpha value is -1.03. The van der Waals surface area contributed by atoms with E-state index in [0.717, 1.165) is 25.9 Å². The zero-order valence-corrected chi connectivity index (χ0v) is 10.8. The molecule has 2 N–H and O–H groups in total. The molecule has 0 saturated carbocycles. The number of fused-ring (bicyclic) bond motifs is 1. The zero-order valence-electron chi connectivity index (χ0n) is 9.94. The molecule has 3 nitrogen and oxygen atoms in total. The smallest absolute Gasteiger partial charge is 0.191 e. The van der Waals surface area contributed by atoms with Crippen LogP contribution in [0.1, 0.15) is 36.8 Å². The summed E-state index contributed by atoms with van der Waals surface area (Å²) in [4.78, 5) is 8.12. The summed E-state index contributed by atoms with van der Waals surface area (Å²) in [6.07, 6.45) is 2.15. The molecule has 0 aromatic carbocycles. The Kier molecular flexibility index (Phi) is 3.49. The summed E-state index contributed by atoms with van der Waals surface area (Å²) >= 11 is 1.85. The molecular formula is C12H19N3S. The van der Waals surface area contributed by atoms with Crippen molar-refractivity contribution >= 4 is 17.3 Å². The van der Waals surface area contributed by atoms with Crippen LogP contribution >= 0.6 is 11.3 Å². The summed E-state index contributed by atoms with van der Waals surface area (Å²) in [5.41, 5.74) is 7.45. The fourth-order valence-electron chi connectivity index (χ4n) is 2.14. The summed E-state index contributed by atoms with van der Waals surface area (Å²) in [6.45, 7) is 6.14. The number of hydrogen-bond donors (Lipinski definition) is 1. The highest BCUT2D eigenvalue weighted by Crippen LogP contribution is 2.32. The normalized spacial score (nSPS) is 21.0. The van der Waals surface area contributed by atoms with E-state index in [9.17, 15) is 0 Å². The van der Waals surface area contributed by atoms with Crippen molar-refractivity contribution in [3.63, 3.8) is 0 Å². The lowest BCUT2D eigenvalue weighted by molar-refractivity contribution is 0.317. The molecule has 4 heteroatoms. The first kappa shape index (κ1) is 11.5. The van der Waals surface area contributed by atoms with E-state index in [0.29, 0.717) is 12.0 Å². The Morgan fingerprint density at radius 3 is 3.25 bits per heavy atom. The number of thiophene rings is 1. The van der Waals surface area contributed by atoms with Gasteiger partial charge in [0.1, 0.15) is 0 Å². The predicted molar refractivity (Wildman–Crippen MR) is 69.9 cm³/mol. The quantitative estimate of drug-likeness (QED) is 0.634. The molecule has 1 unspecified atom stereocenters. The molecule has 1 aromatic rings. The molecule has 0 saturated heterocycles. The molecule has 1 aliphatic rings. The Morgan fingerprint density at radius 2 is 2.50 bits per heavy atom. The molecule has 1 aromatic heterocycles. The number of rotatable bonds is 2. The Balaban J connectivity index is 2.15. The SMILES string of the molecule is CCCN=C(N)N1CCc2sccc2C1C. The van der Waals surface area contributed by atoms with Gasteiger partial charge in [-0.05, 0) is 36.8 Å². The van der Waals surface area contributed by atoms with Crippen LogP contribution < -0.4 is 5.73 Å². The zero-order chi connectivity index (χ0) is 11.5. The summed E-state index contributed by atoms with van der Waals surface area (Å²) < 4.78 is 0. The number of nitrogens with two attached hydrogens (primary N) is 1. The van der Waals surface area contributed by atoms with E-state index in [1.165, 1.54) is 10.4 Å². The first-order valence-electron chi connectivity index (χ1n) is 5.87. The maximum atomic E-state index is 6.03. The topological polar surface area (TPSA) is 41.6 Å². The fraction of sp³-hybridized carbons (Fsp3) is 0.583. The van der Waals surface area contributed by atoms with E-state index < -0.39 is 0 Å². The van der Waals surface area contributed by atoms with Crippen molar-refractivity contribution in [2.45, 2.75) is 32.7 Å². The van der Waals surface area contributed by atoms with Crippen molar-refractivity contribution in [2.75, 3.05) is 13.1 Å². The molecule has 1 atom stereocenters. The summed E-state index contributed by atoms with van der Waals surface area (Å²) in [6, 6.07) is 2.58. The van der Waals surface area contributed by atoms with Gasteiger partial charge in [0.15, 0.2) is 5.96 Å². The third-order valence-corrected chi connectivity index (χ3v) is 4.07. The second-order valence-corrected chi connectivity index (χ2v) is 5.16. The minimum Gasteiger partial charge on any atom is -0.370 e. The van der Waals surface area contributed by atoms with Gasteiger partial charge in [0.2, 0.25) is 0 Å². The third-order valence-electron chi connectivity index (χ3n) is 3.07. The predicted octanol–water partition coefficient (Wildman–Crippen LogP) is 2.39. The van der Waals surface area contributed by atoms with Gasteiger partial charge in [0.25, 0.3) is 0 Å². The van der Waals surface area contributed by atoms with Crippen molar-refractivity contribution in [3.05, 3.63) is 21.9 Å². The Labute approximate surface area is 101 Å². The molecular weight excluding hydrogens is 218 g/mol.